The minimum Gasteiger partial charge on any atom is -0.258 e. The van der Waals surface area contributed by atoms with E-state index in [1.807, 2.05) is 20.8 Å². The first-order chi connectivity index (χ1) is 8.74. The minimum atomic E-state index is -0.567. The van der Waals surface area contributed by atoms with E-state index in [0.29, 0.717) is 5.56 Å². The van der Waals surface area contributed by atoms with E-state index in [1.165, 1.54) is 6.07 Å². The fraction of sp³-hybridized carbons (Fsp3) is 0.538. The Balaban J connectivity index is 2.79. The second kappa shape index (κ2) is 4.29. The molecule has 0 aliphatic heterocycles. The topological polar surface area (TPSA) is 86.3 Å². The zero-order valence-electron chi connectivity index (χ0n) is 11.2. The lowest BCUT2D eigenvalue weighted by Gasteiger charge is -2.35. The second-order valence-electron chi connectivity index (χ2n) is 5.76. The van der Waals surface area contributed by atoms with E-state index in [0.717, 1.165) is 24.5 Å². The molecule has 0 unspecified atom stereocenters. The molecule has 1 aromatic rings. The van der Waals surface area contributed by atoms with E-state index in [9.17, 15) is 20.2 Å². The number of nitro benzene ring substituents is 2. The van der Waals surface area contributed by atoms with Gasteiger partial charge in [-0.1, -0.05) is 20.8 Å². The zero-order chi connectivity index (χ0) is 14.4. The van der Waals surface area contributed by atoms with Crippen LogP contribution >= 0.6 is 0 Å². The maximum atomic E-state index is 11.2. The standard InChI is InChI=1S/C13H16N2O4/c1-8-4-5-13(2,3)10-6-9(14(16)17)7-11(12(8)10)15(18)19/h6-8H,4-5H2,1-3H3/t8-/m0/s1. The molecule has 1 aromatic carbocycles. The van der Waals surface area contributed by atoms with Gasteiger partial charge in [0, 0.05) is 11.6 Å². The predicted octanol–water partition coefficient (Wildman–Crippen LogP) is 3.68. The lowest BCUT2D eigenvalue weighted by Crippen LogP contribution is -2.26. The maximum absolute atomic E-state index is 11.2. The number of hydrogen-bond donors (Lipinski definition) is 0. The molecule has 19 heavy (non-hydrogen) atoms. The van der Waals surface area contributed by atoms with E-state index in [-0.39, 0.29) is 22.7 Å². The summed E-state index contributed by atoms with van der Waals surface area (Å²) < 4.78 is 0. The monoisotopic (exact) mass is 264 g/mol. The summed E-state index contributed by atoms with van der Waals surface area (Å²) in [5, 5.41) is 22.1. The third-order valence-corrected chi connectivity index (χ3v) is 3.97. The van der Waals surface area contributed by atoms with Gasteiger partial charge in [-0.15, -0.1) is 0 Å². The van der Waals surface area contributed by atoms with Gasteiger partial charge in [-0.05, 0) is 29.7 Å². The molecule has 1 aliphatic rings. The van der Waals surface area contributed by atoms with Crippen LogP contribution in [0.25, 0.3) is 0 Å². The number of benzene rings is 1. The van der Waals surface area contributed by atoms with Crippen LogP contribution < -0.4 is 0 Å². The highest BCUT2D eigenvalue weighted by molar-refractivity contribution is 5.58. The highest BCUT2D eigenvalue weighted by atomic mass is 16.6. The predicted molar refractivity (Wildman–Crippen MR) is 70.4 cm³/mol. The Morgan fingerprint density at radius 3 is 2.37 bits per heavy atom. The van der Waals surface area contributed by atoms with Crippen LogP contribution in [0.4, 0.5) is 11.4 Å². The van der Waals surface area contributed by atoms with Gasteiger partial charge in [0.2, 0.25) is 0 Å². The number of non-ortho nitro benzene ring substituents is 1. The van der Waals surface area contributed by atoms with Crippen molar-refractivity contribution in [3.8, 4) is 0 Å². The number of rotatable bonds is 2. The van der Waals surface area contributed by atoms with Crippen LogP contribution in [0.15, 0.2) is 12.1 Å². The van der Waals surface area contributed by atoms with Crippen molar-refractivity contribution in [3.63, 3.8) is 0 Å². The Hall–Kier alpha value is -1.98. The quantitative estimate of drug-likeness (QED) is 0.602. The van der Waals surface area contributed by atoms with Crippen LogP contribution in [0.3, 0.4) is 0 Å². The first-order valence-electron chi connectivity index (χ1n) is 6.21. The molecular formula is C13H16N2O4. The SMILES string of the molecule is C[C@H]1CCC(C)(C)c2cc([N+](=O)[O-])cc([N+](=O)[O-])c21. The van der Waals surface area contributed by atoms with Gasteiger partial charge >= 0.3 is 0 Å². The average Bonchev–Trinajstić information content (AvgIpc) is 2.33. The zero-order valence-corrected chi connectivity index (χ0v) is 11.2. The van der Waals surface area contributed by atoms with E-state index in [2.05, 4.69) is 0 Å². The van der Waals surface area contributed by atoms with Crippen LogP contribution in [0.5, 0.6) is 0 Å². The van der Waals surface area contributed by atoms with Gasteiger partial charge in [-0.25, -0.2) is 0 Å². The third kappa shape index (κ3) is 2.18. The highest BCUT2D eigenvalue weighted by Gasteiger charge is 2.37. The van der Waals surface area contributed by atoms with Crippen molar-refractivity contribution in [2.45, 2.75) is 44.9 Å². The first kappa shape index (κ1) is 13.5. The number of nitro groups is 2. The summed E-state index contributed by atoms with van der Waals surface area (Å²) in [7, 11) is 0. The maximum Gasteiger partial charge on any atom is 0.280 e. The van der Waals surface area contributed by atoms with Gasteiger partial charge < -0.3 is 0 Å². The van der Waals surface area contributed by atoms with Crippen molar-refractivity contribution >= 4 is 11.4 Å². The molecule has 6 heteroatoms. The number of nitrogens with zero attached hydrogens (tertiary/aromatic N) is 2. The molecule has 1 atom stereocenters. The van der Waals surface area contributed by atoms with Crippen molar-refractivity contribution in [3.05, 3.63) is 43.5 Å². The van der Waals surface area contributed by atoms with E-state index < -0.39 is 9.85 Å². The summed E-state index contributed by atoms with van der Waals surface area (Å²) in [5.74, 6) is 0.0595. The highest BCUT2D eigenvalue weighted by Crippen LogP contribution is 2.47. The molecule has 0 radical (unpaired) electrons. The molecule has 2 rings (SSSR count). The average molecular weight is 264 g/mol. The van der Waals surface area contributed by atoms with Crippen molar-refractivity contribution < 1.29 is 9.85 Å². The van der Waals surface area contributed by atoms with Crippen LogP contribution in [0, 0.1) is 20.2 Å². The van der Waals surface area contributed by atoms with Gasteiger partial charge in [0.05, 0.1) is 15.9 Å². The number of fused-ring (bicyclic) bond motifs is 1. The van der Waals surface area contributed by atoms with Crippen LogP contribution in [-0.2, 0) is 5.41 Å². The molecule has 0 saturated heterocycles. The Morgan fingerprint density at radius 1 is 1.21 bits per heavy atom. The Kier molecular flexibility index (Phi) is 3.04. The largest absolute Gasteiger partial charge is 0.280 e. The molecule has 0 spiro atoms. The first-order valence-corrected chi connectivity index (χ1v) is 6.21. The summed E-state index contributed by atoms with van der Waals surface area (Å²) in [4.78, 5) is 21.0. The van der Waals surface area contributed by atoms with Gasteiger partial charge in [-0.2, -0.15) is 0 Å². The van der Waals surface area contributed by atoms with Crippen molar-refractivity contribution in [2.75, 3.05) is 0 Å². The molecule has 0 saturated carbocycles. The molecular weight excluding hydrogens is 248 g/mol. The summed E-state index contributed by atoms with van der Waals surface area (Å²) in [6, 6.07) is 2.58. The van der Waals surface area contributed by atoms with Crippen LogP contribution in [0.1, 0.15) is 50.7 Å². The van der Waals surface area contributed by atoms with Gasteiger partial charge in [0.15, 0.2) is 0 Å². The normalized spacial score (nSPS) is 20.7. The summed E-state index contributed by atoms with van der Waals surface area (Å²) in [6.45, 7) is 5.89. The minimum absolute atomic E-state index is 0.0595. The van der Waals surface area contributed by atoms with E-state index >= 15 is 0 Å². The summed E-state index contributed by atoms with van der Waals surface area (Å²) in [5.41, 5.74) is 0.814. The molecule has 0 fully saturated rings. The lowest BCUT2D eigenvalue weighted by molar-refractivity contribution is -0.394. The lowest BCUT2D eigenvalue weighted by atomic mass is 9.68. The van der Waals surface area contributed by atoms with E-state index in [1.54, 1.807) is 0 Å². The molecule has 102 valence electrons. The van der Waals surface area contributed by atoms with Gasteiger partial charge in [-0.3, -0.25) is 20.2 Å². The molecule has 0 bridgehead atoms. The van der Waals surface area contributed by atoms with Gasteiger partial charge in [0.25, 0.3) is 11.4 Å². The smallest absolute Gasteiger partial charge is 0.258 e. The Morgan fingerprint density at radius 2 is 1.84 bits per heavy atom. The third-order valence-electron chi connectivity index (χ3n) is 3.97. The van der Waals surface area contributed by atoms with Crippen LogP contribution in [0.2, 0.25) is 0 Å². The molecule has 0 amide bonds. The molecule has 0 N–H and O–H groups in total. The molecule has 1 aliphatic carbocycles. The fourth-order valence-electron chi connectivity index (χ4n) is 2.81. The van der Waals surface area contributed by atoms with Crippen molar-refractivity contribution in [1.82, 2.24) is 0 Å². The van der Waals surface area contributed by atoms with Crippen LogP contribution in [-0.4, -0.2) is 9.85 Å². The van der Waals surface area contributed by atoms with E-state index in [4.69, 9.17) is 0 Å². The summed E-state index contributed by atoms with van der Waals surface area (Å²) >= 11 is 0. The second-order valence-corrected chi connectivity index (χ2v) is 5.76. The van der Waals surface area contributed by atoms with Crippen molar-refractivity contribution in [1.29, 1.82) is 0 Å². The Labute approximate surface area is 110 Å². The molecule has 6 nitrogen and oxygen atoms in total. The molecule has 0 aromatic heterocycles. The Bertz CT molecular complexity index is 566. The summed E-state index contributed by atoms with van der Waals surface area (Å²) in [6.07, 6.45) is 1.73. The number of hydrogen-bond acceptors (Lipinski definition) is 4. The van der Waals surface area contributed by atoms with Crippen molar-refractivity contribution in [2.24, 2.45) is 0 Å². The van der Waals surface area contributed by atoms with Gasteiger partial charge in [0.1, 0.15) is 0 Å². The fourth-order valence-corrected chi connectivity index (χ4v) is 2.81. The molecule has 0 heterocycles.